The SMILES string of the molecule is CCCCCCC1CC(=O)OC2=C1c1ccccc1C2. The van der Waals surface area contributed by atoms with Crippen molar-refractivity contribution in [2.75, 3.05) is 0 Å². The van der Waals surface area contributed by atoms with Crippen LogP contribution in [-0.2, 0) is 16.0 Å². The molecule has 0 radical (unpaired) electrons. The molecule has 0 spiro atoms. The molecule has 1 aromatic rings. The van der Waals surface area contributed by atoms with Gasteiger partial charge < -0.3 is 4.74 Å². The highest BCUT2D eigenvalue weighted by Gasteiger charge is 2.34. The van der Waals surface area contributed by atoms with Crippen LogP contribution in [0.2, 0.25) is 0 Å². The topological polar surface area (TPSA) is 26.3 Å². The Morgan fingerprint density at radius 1 is 1.20 bits per heavy atom. The van der Waals surface area contributed by atoms with Gasteiger partial charge >= 0.3 is 5.97 Å². The van der Waals surface area contributed by atoms with Crippen molar-refractivity contribution in [3.8, 4) is 0 Å². The zero-order valence-electron chi connectivity index (χ0n) is 12.2. The van der Waals surface area contributed by atoms with Gasteiger partial charge in [0.2, 0.25) is 0 Å². The summed E-state index contributed by atoms with van der Waals surface area (Å²) in [6, 6.07) is 8.47. The van der Waals surface area contributed by atoms with Gasteiger partial charge in [-0.2, -0.15) is 0 Å². The number of esters is 1. The number of hydrogen-bond acceptors (Lipinski definition) is 2. The van der Waals surface area contributed by atoms with Crippen LogP contribution >= 0.6 is 0 Å². The second-order valence-corrected chi connectivity index (χ2v) is 5.90. The number of unbranched alkanes of at least 4 members (excludes halogenated alkanes) is 3. The molecule has 2 aliphatic rings. The molecular formula is C18H22O2. The molecule has 106 valence electrons. The molecule has 0 N–H and O–H groups in total. The van der Waals surface area contributed by atoms with E-state index in [0.717, 1.165) is 18.6 Å². The monoisotopic (exact) mass is 270 g/mol. The maximum atomic E-state index is 11.8. The normalized spacial score (nSPS) is 20.6. The molecule has 0 saturated heterocycles. The van der Waals surface area contributed by atoms with Crippen molar-refractivity contribution in [1.29, 1.82) is 0 Å². The third-order valence-electron chi connectivity index (χ3n) is 4.42. The van der Waals surface area contributed by atoms with Crippen LogP contribution in [0.4, 0.5) is 0 Å². The molecule has 1 heterocycles. The van der Waals surface area contributed by atoms with Gasteiger partial charge in [-0.25, -0.2) is 0 Å². The smallest absolute Gasteiger partial charge is 0.311 e. The molecule has 1 aromatic carbocycles. The van der Waals surface area contributed by atoms with Gasteiger partial charge in [-0.15, -0.1) is 0 Å². The van der Waals surface area contributed by atoms with E-state index in [1.54, 1.807) is 0 Å². The average molecular weight is 270 g/mol. The molecule has 1 aliphatic heterocycles. The lowest BCUT2D eigenvalue weighted by atomic mass is 9.85. The Labute approximate surface area is 120 Å². The van der Waals surface area contributed by atoms with Crippen molar-refractivity contribution < 1.29 is 9.53 Å². The molecule has 2 nitrogen and oxygen atoms in total. The third kappa shape index (κ3) is 2.52. The minimum absolute atomic E-state index is 0.0444. The largest absolute Gasteiger partial charge is 0.430 e. The van der Waals surface area contributed by atoms with Gasteiger partial charge in [-0.05, 0) is 23.5 Å². The Bertz CT molecular complexity index is 542. The molecule has 1 unspecified atom stereocenters. The molecule has 0 amide bonds. The van der Waals surface area contributed by atoms with Gasteiger partial charge in [-0.3, -0.25) is 4.79 Å². The van der Waals surface area contributed by atoms with E-state index in [-0.39, 0.29) is 5.97 Å². The van der Waals surface area contributed by atoms with Crippen LogP contribution < -0.4 is 0 Å². The Morgan fingerprint density at radius 2 is 2.05 bits per heavy atom. The van der Waals surface area contributed by atoms with Crippen molar-refractivity contribution in [2.45, 2.75) is 51.9 Å². The lowest BCUT2D eigenvalue weighted by Crippen LogP contribution is -2.19. The molecule has 1 atom stereocenters. The van der Waals surface area contributed by atoms with E-state index in [2.05, 4.69) is 31.2 Å². The second-order valence-electron chi connectivity index (χ2n) is 5.90. The summed E-state index contributed by atoms with van der Waals surface area (Å²) >= 11 is 0. The van der Waals surface area contributed by atoms with E-state index in [1.807, 2.05) is 0 Å². The molecule has 1 aliphatic carbocycles. The fraction of sp³-hybridized carbons (Fsp3) is 0.500. The van der Waals surface area contributed by atoms with Crippen LogP contribution in [-0.4, -0.2) is 5.97 Å². The highest BCUT2D eigenvalue weighted by Crippen LogP contribution is 2.44. The number of carbonyl (C=O) groups excluding carboxylic acids is 1. The summed E-state index contributed by atoms with van der Waals surface area (Å²) in [6.07, 6.45) is 7.49. The molecule has 0 saturated carbocycles. The fourth-order valence-electron chi connectivity index (χ4n) is 3.44. The van der Waals surface area contributed by atoms with Crippen LogP contribution in [0.1, 0.15) is 56.6 Å². The Morgan fingerprint density at radius 3 is 2.90 bits per heavy atom. The predicted molar refractivity (Wildman–Crippen MR) is 80.0 cm³/mol. The fourth-order valence-corrected chi connectivity index (χ4v) is 3.44. The number of benzene rings is 1. The number of hydrogen-bond donors (Lipinski definition) is 0. The molecular weight excluding hydrogens is 248 g/mol. The van der Waals surface area contributed by atoms with Gasteiger partial charge in [0, 0.05) is 12.0 Å². The molecule has 0 aromatic heterocycles. The maximum Gasteiger partial charge on any atom is 0.311 e. The van der Waals surface area contributed by atoms with E-state index in [4.69, 9.17) is 4.74 Å². The second kappa shape index (κ2) is 5.82. The van der Waals surface area contributed by atoms with Crippen LogP contribution in [0.25, 0.3) is 5.57 Å². The summed E-state index contributed by atoms with van der Waals surface area (Å²) in [4.78, 5) is 11.8. The summed E-state index contributed by atoms with van der Waals surface area (Å²) in [5, 5.41) is 0. The van der Waals surface area contributed by atoms with Gasteiger partial charge in [-0.1, -0.05) is 56.9 Å². The van der Waals surface area contributed by atoms with Gasteiger partial charge in [0.15, 0.2) is 0 Å². The van der Waals surface area contributed by atoms with E-state index in [1.165, 1.54) is 42.4 Å². The lowest BCUT2D eigenvalue weighted by molar-refractivity contribution is -0.141. The van der Waals surface area contributed by atoms with E-state index in [0.29, 0.717) is 12.3 Å². The van der Waals surface area contributed by atoms with Crippen molar-refractivity contribution in [1.82, 2.24) is 0 Å². The quantitative estimate of drug-likeness (QED) is 0.582. The number of allylic oxidation sites excluding steroid dienone is 2. The van der Waals surface area contributed by atoms with Gasteiger partial charge in [0.1, 0.15) is 5.76 Å². The average Bonchev–Trinajstić information content (AvgIpc) is 2.81. The first kappa shape index (κ1) is 13.4. The molecule has 0 bridgehead atoms. The summed E-state index contributed by atoms with van der Waals surface area (Å²) in [6.45, 7) is 2.23. The third-order valence-corrected chi connectivity index (χ3v) is 4.42. The van der Waals surface area contributed by atoms with E-state index >= 15 is 0 Å². The van der Waals surface area contributed by atoms with Crippen molar-refractivity contribution in [3.63, 3.8) is 0 Å². The first-order valence-corrected chi connectivity index (χ1v) is 7.81. The Kier molecular flexibility index (Phi) is 3.90. The zero-order chi connectivity index (χ0) is 13.9. The molecule has 0 fully saturated rings. The predicted octanol–water partition coefficient (Wildman–Crippen LogP) is 4.49. The molecule has 3 rings (SSSR count). The van der Waals surface area contributed by atoms with E-state index < -0.39 is 0 Å². The summed E-state index contributed by atoms with van der Waals surface area (Å²) in [7, 11) is 0. The molecule has 20 heavy (non-hydrogen) atoms. The van der Waals surface area contributed by atoms with E-state index in [9.17, 15) is 4.79 Å². The van der Waals surface area contributed by atoms with Crippen LogP contribution in [0.15, 0.2) is 30.0 Å². The van der Waals surface area contributed by atoms with Crippen molar-refractivity contribution in [2.24, 2.45) is 5.92 Å². The van der Waals surface area contributed by atoms with Crippen molar-refractivity contribution >= 4 is 11.5 Å². The summed E-state index contributed by atoms with van der Waals surface area (Å²) in [5.41, 5.74) is 3.94. The van der Waals surface area contributed by atoms with Crippen LogP contribution in [0.3, 0.4) is 0 Å². The summed E-state index contributed by atoms with van der Waals surface area (Å²) < 4.78 is 5.49. The first-order valence-electron chi connectivity index (χ1n) is 7.81. The highest BCUT2D eigenvalue weighted by molar-refractivity contribution is 5.85. The molecule has 2 heteroatoms. The first-order chi connectivity index (χ1) is 9.79. The number of ether oxygens (including phenoxy) is 1. The Hall–Kier alpha value is -1.57. The highest BCUT2D eigenvalue weighted by atomic mass is 16.5. The van der Waals surface area contributed by atoms with Gasteiger partial charge in [0.25, 0.3) is 0 Å². The lowest BCUT2D eigenvalue weighted by Gasteiger charge is -2.24. The number of carbonyl (C=O) groups is 1. The maximum absolute atomic E-state index is 11.8. The Balaban J connectivity index is 1.79. The van der Waals surface area contributed by atoms with Crippen molar-refractivity contribution in [3.05, 3.63) is 41.2 Å². The van der Waals surface area contributed by atoms with Crippen LogP contribution in [0.5, 0.6) is 0 Å². The number of rotatable bonds is 5. The summed E-state index contributed by atoms with van der Waals surface area (Å²) in [5.74, 6) is 1.24. The minimum atomic E-state index is -0.0444. The zero-order valence-corrected chi connectivity index (χ0v) is 12.2. The van der Waals surface area contributed by atoms with Crippen LogP contribution in [0, 0.1) is 5.92 Å². The minimum Gasteiger partial charge on any atom is -0.430 e. The number of fused-ring (bicyclic) bond motifs is 2. The van der Waals surface area contributed by atoms with Gasteiger partial charge in [0.05, 0.1) is 6.42 Å². The standard InChI is InChI=1S/C18H22O2/c1-2-3-4-5-9-14-12-17(19)20-16-11-13-8-6-7-10-15(13)18(14)16/h6-8,10,14H,2-5,9,11-12H2,1H3.